The number of nitro benzene ring substituents is 1. The van der Waals surface area contributed by atoms with Crippen molar-refractivity contribution < 1.29 is 19.5 Å². The molecule has 0 spiro atoms. The molecular formula is C18H20N5O4+. The number of carbonyl (C=O) groups excluding carboxylic acids is 2. The number of non-ortho nitro benzene ring substituents is 1. The molecule has 0 unspecified atom stereocenters. The average molecular weight is 370 g/mol. The van der Waals surface area contributed by atoms with Crippen LogP contribution in [0.1, 0.15) is 10.4 Å². The molecule has 1 aliphatic rings. The topological polar surface area (TPSA) is 110 Å². The number of hydrogen-bond donors (Lipinski definition) is 1. The van der Waals surface area contributed by atoms with E-state index in [1.54, 1.807) is 4.90 Å². The van der Waals surface area contributed by atoms with E-state index >= 15 is 0 Å². The number of rotatable bonds is 5. The van der Waals surface area contributed by atoms with Gasteiger partial charge in [0.2, 0.25) is 5.91 Å². The molecule has 2 aromatic rings. The molecule has 1 aromatic carbocycles. The van der Waals surface area contributed by atoms with Crippen LogP contribution in [-0.4, -0.2) is 54.4 Å². The second kappa shape index (κ2) is 8.26. The summed E-state index contributed by atoms with van der Waals surface area (Å²) >= 11 is 0. The van der Waals surface area contributed by atoms with Gasteiger partial charge in [-0.3, -0.25) is 19.7 Å². The van der Waals surface area contributed by atoms with Gasteiger partial charge in [0, 0.05) is 61.7 Å². The second-order valence-corrected chi connectivity index (χ2v) is 6.12. The van der Waals surface area contributed by atoms with Crippen molar-refractivity contribution in [3.63, 3.8) is 0 Å². The lowest BCUT2D eigenvalue weighted by molar-refractivity contribution is -0.384. The molecule has 2 amide bonds. The van der Waals surface area contributed by atoms with Crippen molar-refractivity contribution in [2.24, 2.45) is 0 Å². The molecule has 0 aliphatic carbocycles. The Morgan fingerprint density at radius 1 is 1.11 bits per heavy atom. The molecule has 2 heterocycles. The van der Waals surface area contributed by atoms with E-state index in [9.17, 15) is 19.7 Å². The SMILES string of the molecule is O=C(NCC(=O)N1CCN(c2cc[nH+]cc2)CC1)c1cccc([N+](=O)[O-])c1. The third-order valence-electron chi connectivity index (χ3n) is 4.42. The zero-order valence-electron chi connectivity index (χ0n) is 14.6. The maximum Gasteiger partial charge on any atom is 0.270 e. The van der Waals surface area contributed by atoms with Crippen molar-refractivity contribution >= 4 is 23.2 Å². The minimum absolute atomic E-state index is 0.137. The van der Waals surface area contributed by atoms with Crippen LogP contribution in [0.15, 0.2) is 48.8 Å². The Hall–Kier alpha value is -3.49. The number of amides is 2. The van der Waals surface area contributed by atoms with E-state index in [1.807, 2.05) is 24.5 Å². The first kappa shape index (κ1) is 18.3. The van der Waals surface area contributed by atoms with Gasteiger partial charge in [0.15, 0.2) is 12.4 Å². The number of nitrogens with zero attached hydrogens (tertiary/aromatic N) is 3. The molecule has 0 atom stereocenters. The van der Waals surface area contributed by atoms with Crippen LogP contribution in [0.4, 0.5) is 11.4 Å². The van der Waals surface area contributed by atoms with E-state index in [1.165, 1.54) is 24.3 Å². The first-order valence-corrected chi connectivity index (χ1v) is 8.56. The van der Waals surface area contributed by atoms with Gasteiger partial charge in [0.1, 0.15) is 0 Å². The van der Waals surface area contributed by atoms with Crippen LogP contribution >= 0.6 is 0 Å². The number of piperazine rings is 1. The predicted octanol–water partition coefficient (Wildman–Crippen LogP) is 0.488. The number of benzene rings is 1. The van der Waals surface area contributed by atoms with Gasteiger partial charge in [0.25, 0.3) is 11.6 Å². The third kappa shape index (κ3) is 4.57. The minimum atomic E-state index is -0.563. The predicted molar refractivity (Wildman–Crippen MR) is 97.2 cm³/mol. The van der Waals surface area contributed by atoms with Crippen molar-refractivity contribution in [3.8, 4) is 0 Å². The molecule has 0 bridgehead atoms. The van der Waals surface area contributed by atoms with Gasteiger partial charge in [-0.25, -0.2) is 4.98 Å². The maximum atomic E-state index is 12.3. The highest BCUT2D eigenvalue weighted by Crippen LogP contribution is 2.14. The van der Waals surface area contributed by atoms with E-state index in [0.29, 0.717) is 26.2 Å². The monoisotopic (exact) mass is 370 g/mol. The molecule has 1 fully saturated rings. The summed E-state index contributed by atoms with van der Waals surface area (Å²) in [4.78, 5) is 41.6. The summed E-state index contributed by atoms with van der Waals surface area (Å²) in [5.74, 6) is -0.680. The Balaban J connectivity index is 1.49. The Morgan fingerprint density at radius 2 is 1.81 bits per heavy atom. The van der Waals surface area contributed by atoms with Gasteiger partial charge >= 0.3 is 0 Å². The number of hydrogen-bond acceptors (Lipinski definition) is 5. The molecule has 9 nitrogen and oxygen atoms in total. The Morgan fingerprint density at radius 3 is 2.48 bits per heavy atom. The standard InChI is InChI=1S/C18H19N5O4/c24-17(13-20-18(25)14-2-1-3-16(12-14)23(26)27)22-10-8-21(9-11-22)15-4-6-19-7-5-15/h1-7,12H,8-11,13H2,(H,20,25)/p+1. The lowest BCUT2D eigenvalue weighted by Crippen LogP contribution is -2.51. The van der Waals surface area contributed by atoms with Crippen molar-refractivity contribution in [2.45, 2.75) is 0 Å². The van der Waals surface area contributed by atoms with Crippen molar-refractivity contribution in [1.29, 1.82) is 0 Å². The van der Waals surface area contributed by atoms with E-state index < -0.39 is 10.8 Å². The molecule has 9 heteroatoms. The lowest BCUT2D eigenvalue weighted by Gasteiger charge is -2.35. The molecule has 0 radical (unpaired) electrons. The van der Waals surface area contributed by atoms with Crippen LogP contribution in [0.25, 0.3) is 0 Å². The van der Waals surface area contributed by atoms with Crippen LogP contribution in [0, 0.1) is 10.1 Å². The number of nitro groups is 1. The summed E-state index contributed by atoms with van der Waals surface area (Å²) in [5, 5.41) is 13.3. The summed E-state index contributed by atoms with van der Waals surface area (Å²) in [6, 6.07) is 9.38. The summed E-state index contributed by atoms with van der Waals surface area (Å²) in [6.07, 6.45) is 3.71. The van der Waals surface area contributed by atoms with Gasteiger partial charge in [-0.05, 0) is 6.07 Å². The largest absolute Gasteiger partial charge is 0.368 e. The molecule has 3 rings (SSSR count). The molecule has 2 N–H and O–H groups in total. The summed E-state index contributed by atoms with van der Waals surface area (Å²) in [7, 11) is 0. The highest BCUT2D eigenvalue weighted by atomic mass is 16.6. The molecule has 1 aliphatic heterocycles. The van der Waals surface area contributed by atoms with Crippen molar-refractivity contribution in [2.75, 3.05) is 37.6 Å². The van der Waals surface area contributed by atoms with Crippen LogP contribution in [-0.2, 0) is 4.79 Å². The van der Waals surface area contributed by atoms with Crippen molar-refractivity contribution in [3.05, 3.63) is 64.5 Å². The Labute approximate surface area is 155 Å². The summed E-state index contributed by atoms with van der Waals surface area (Å²) in [6.45, 7) is 2.44. The summed E-state index contributed by atoms with van der Waals surface area (Å²) < 4.78 is 0. The third-order valence-corrected chi connectivity index (χ3v) is 4.42. The fourth-order valence-electron chi connectivity index (χ4n) is 2.93. The van der Waals surface area contributed by atoms with Crippen molar-refractivity contribution in [1.82, 2.24) is 10.2 Å². The number of nitrogens with one attached hydrogen (secondary N) is 2. The average Bonchev–Trinajstić information content (AvgIpc) is 2.72. The van der Waals surface area contributed by atoms with Crippen LogP contribution in [0.2, 0.25) is 0 Å². The van der Waals surface area contributed by atoms with Gasteiger partial charge in [-0.15, -0.1) is 0 Å². The molecule has 1 saturated heterocycles. The zero-order valence-corrected chi connectivity index (χ0v) is 14.6. The van der Waals surface area contributed by atoms with E-state index in [2.05, 4.69) is 15.2 Å². The smallest absolute Gasteiger partial charge is 0.270 e. The number of aromatic nitrogens is 1. The number of carbonyl (C=O) groups is 2. The van der Waals surface area contributed by atoms with Crippen LogP contribution in [0.5, 0.6) is 0 Å². The fourth-order valence-corrected chi connectivity index (χ4v) is 2.93. The molecule has 0 saturated carbocycles. The minimum Gasteiger partial charge on any atom is -0.368 e. The quantitative estimate of drug-likeness (QED) is 0.608. The number of anilines is 1. The van der Waals surface area contributed by atoms with Gasteiger partial charge in [0.05, 0.1) is 11.5 Å². The van der Waals surface area contributed by atoms with Gasteiger partial charge < -0.3 is 15.1 Å². The van der Waals surface area contributed by atoms with E-state index in [0.717, 1.165) is 5.69 Å². The summed E-state index contributed by atoms with van der Waals surface area (Å²) in [5.41, 5.74) is 1.09. The maximum absolute atomic E-state index is 12.3. The first-order chi connectivity index (χ1) is 13.0. The van der Waals surface area contributed by atoms with E-state index in [-0.39, 0.29) is 23.7 Å². The highest BCUT2D eigenvalue weighted by Gasteiger charge is 2.22. The fraction of sp³-hybridized carbons (Fsp3) is 0.278. The Kier molecular flexibility index (Phi) is 5.60. The highest BCUT2D eigenvalue weighted by molar-refractivity contribution is 5.97. The second-order valence-electron chi connectivity index (χ2n) is 6.12. The number of pyridine rings is 1. The van der Waals surface area contributed by atoms with E-state index in [4.69, 9.17) is 0 Å². The normalized spacial score (nSPS) is 13.9. The Bertz CT molecular complexity index is 835. The molecular weight excluding hydrogens is 350 g/mol. The van der Waals surface area contributed by atoms with Gasteiger partial charge in [-0.1, -0.05) is 6.07 Å². The van der Waals surface area contributed by atoms with Crippen LogP contribution in [0.3, 0.4) is 0 Å². The molecule has 1 aromatic heterocycles. The molecule has 27 heavy (non-hydrogen) atoms. The zero-order chi connectivity index (χ0) is 19.2. The number of H-pyrrole nitrogens is 1. The number of aromatic amines is 1. The first-order valence-electron chi connectivity index (χ1n) is 8.56. The molecule has 140 valence electrons. The van der Waals surface area contributed by atoms with Crippen LogP contribution < -0.4 is 15.2 Å². The lowest BCUT2D eigenvalue weighted by atomic mass is 10.2. The van der Waals surface area contributed by atoms with Gasteiger partial charge in [-0.2, -0.15) is 0 Å².